The Labute approximate surface area is 102 Å². The molecule has 0 saturated carbocycles. The number of rotatable bonds is 2. The topological polar surface area (TPSA) is 78.9 Å². The third-order valence-corrected chi connectivity index (χ3v) is 2.08. The highest BCUT2D eigenvalue weighted by molar-refractivity contribution is 5.89. The molecule has 0 bridgehead atoms. The van der Waals surface area contributed by atoms with Crippen molar-refractivity contribution in [2.24, 2.45) is 0 Å². The average molecular weight is 250 g/mol. The molecule has 0 unspecified atom stereocenters. The maximum absolute atomic E-state index is 11.4. The molecule has 0 aliphatic rings. The van der Waals surface area contributed by atoms with Gasteiger partial charge in [-0.05, 0) is 38.1 Å². The number of hydrogen-bond donors (Lipinski definition) is 0. The van der Waals surface area contributed by atoms with Gasteiger partial charge in [-0.3, -0.25) is 0 Å². The smallest absolute Gasteiger partial charge is 0.421 e. The zero-order valence-electron chi connectivity index (χ0n) is 9.76. The Morgan fingerprint density at radius 3 is 1.50 bits per heavy atom. The van der Waals surface area contributed by atoms with Crippen LogP contribution in [0.2, 0.25) is 0 Å². The summed E-state index contributed by atoms with van der Waals surface area (Å²) < 4.78 is 10.00. The van der Waals surface area contributed by atoms with Crippen molar-refractivity contribution in [3.63, 3.8) is 0 Å². The first-order chi connectivity index (χ1) is 8.56. The Hall–Kier alpha value is -2.50. The summed E-state index contributed by atoms with van der Waals surface area (Å²) in [4.78, 5) is 31.4. The Balaban J connectivity index is 1.92. The van der Waals surface area contributed by atoms with Crippen LogP contribution in [-0.4, -0.2) is 11.9 Å². The Bertz CT molecular complexity index is 525. The van der Waals surface area contributed by atoms with E-state index in [1.54, 1.807) is 26.0 Å². The molecule has 0 aliphatic carbocycles. The molecule has 0 radical (unpaired) electrons. The summed E-state index contributed by atoms with van der Waals surface area (Å²) in [7, 11) is 0. The summed E-state index contributed by atoms with van der Waals surface area (Å²) in [6.45, 7) is 3.35. The van der Waals surface area contributed by atoms with E-state index in [2.05, 4.69) is 9.78 Å². The standard InChI is InChI=1S/C12H10O6/c1-7-3-5-9(15-7)11(13)17-18-12(14)10-6-4-8(2)16-10/h3-6H,1-2H3. The van der Waals surface area contributed by atoms with Crippen molar-refractivity contribution in [2.75, 3.05) is 0 Å². The zero-order valence-corrected chi connectivity index (χ0v) is 9.76. The molecule has 0 atom stereocenters. The summed E-state index contributed by atoms with van der Waals surface area (Å²) in [5, 5.41) is 0. The summed E-state index contributed by atoms with van der Waals surface area (Å²) in [6.07, 6.45) is 0. The van der Waals surface area contributed by atoms with Crippen molar-refractivity contribution in [3.05, 3.63) is 47.3 Å². The van der Waals surface area contributed by atoms with Crippen LogP contribution in [0.1, 0.15) is 32.6 Å². The maximum Gasteiger partial charge on any atom is 0.421 e. The van der Waals surface area contributed by atoms with E-state index in [0.717, 1.165) is 0 Å². The number of hydrogen-bond acceptors (Lipinski definition) is 6. The van der Waals surface area contributed by atoms with E-state index in [-0.39, 0.29) is 11.5 Å². The SMILES string of the molecule is Cc1ccc(C(=O)OOC(=O)c2ccc(C)o2)o1. The predicted octanol–water partition coefficient (Wildman–Crippen LogP) is 2.42. The van der Waals surface area contributed by atoms with Gasteiger partial charge >= 0.3 is 11.9 Å². The van der Waals surface area contributed by atoms with Gasteiger partial charge in [-0.2, -0.15) is 0 Å². The van der Waals surface area contributed by atoms with E-state index in [1.807, 2.05) is 0 Å². The molecule has 0 saturated heterocycles. The molecule has 18 heavy (non-hydrogen) atoms. The summed E-state index contributed by atoms with van der Waals surface area (Å²) in [5.41, 5.74) is 0. The third-order valence-electron chi connectivity index (χ3n) is 2.08. The predicted molar refractivity (Wildman–Crippen MR) is 57.7 cm³/mol. The third kappa shape index (κ3) is 2.60. The Morgan fingerprint density at radius 1 is 0.833 bits per heavy atom. The van der Waals surface area contributed by atoms with Crippen molar-refractivity contribution in [1.82, 2.24) is 0 Å². The molecule has 0 aromatic carbocycles. The highest BCUT2D eigenvalue weighted by Crippen LogP contribution is 2.10. The van der Waals surface area contributed by atoms with Gasteiger partial charge in [-0.15, -0.1) is 0 Å². The minimum Gasteiger partial charge on any atom is -0.454 e. The quantitative estimate of drug-likeness (QED) is 0.601. The van der Waals surface area contributed by atoms with Crippen LogP contribution in [0.5, 0.6) is 0 Å². The summed E-state index contributed by atoms with van der Waals surface area (Å²) in [6, 6.07) is 6.02. The van der Waals surface area contributed by atoms with Crippen molar-refractivity contribution in [1.29, 1.82) is 0 Å². The van der Waals surface area contributed by atoms with E-state index in [0.29, 0.717) is 11.5 Å². The van der Waals surface area contributed by atoms with Crippen molar-refractivity contribution in [2.45, 2.75) is 13.8 Å². The molecule has 2 rings (SSSR count). The van der Waals surface area contributed by atoms with Crippen molar-refractivity contribution < 1.29 is 28.2 Å². The molecule has 0 spiro atoms. The lowest BCUT2D eigenvalue weighted by Gasteiger charge is -1.99. The second-order valence-corrected chi connectivity index (χ2v) is 3.56. The normalized spacial score (nSPS) is 10.1. The second kappa shape index (κ2) is 4.79. The summed E-state index contributed by atoms with van der Waals surface area (Å²) >= 11 is 0. The number of furan rings is 2. The fourth-order valence-electron chi connectivity index (χ4n) is 1.25. The first-order valence-electron chi connectivity index (χ1n) is 5.12. The van der Waals surface area contributed by atoms with Crippen LogP contribution < -0.4 is 0 Å². The largest absolute Gasteiger partial charge is 0.454 e. The van der Waals surface area contributed by atoms with E-state index in [1.165, 1.54) is 12.1 Å². The highest BCUT2D eigenvalue weighted by Gasteiger charge is 2.18. The number of carbonyl (C=O) groups is 2. The fourth-order valence-corrected chi connectivity index (χ4v) is 1.25. The Kier molecular flexibility index (Phi) is 3.18. The minimum absolute atomic E-state index is 0.0454. The van der Waals surface area contributed by atoms with Gasteiger partial charge in [-0.25, -0.2) is 19.4 Å². The van der Waals surface area contributed by atoms with Gasteiger partial charge in [0.15, 0.2) is 0 Å². The molecule has 2 heterocycles. The van der Waals surface area contributed by atoms with Gasteiger partial charge in [0.05, 0.1) is 0 Å². The molecule has 2 aromatic rings. The van der Waals surface area contributed by atoms with Gasteiger partial charge in [0.1, 0.15) is 11.5 Å². The molecular formula is C12H10O6. The Morgan fingerprint density at radius 2 is 1.22 bits per heavy atom. The average Bonchev–Trinajstić information content (AvgIpc) is 2.94. The minimum atomic E-state index is -0.889. The first kappa shape index (κ1) is 12.0. The molecule has 6 heteroatoms. The maximum atomic E-state index is 11.4. The second-order valence-electron chi connectivity index (χ2n) is 3.56. The lowest BCUT2D eigenvalue weighted by atomic mass is 10.4. The summed E-state index contributed by atoms with van der Waals surface area (Å²) in [5.74, 6) is -0.767. The van der Waals surface area contributed by atoms with Crippen LogP contribution in [0.25, 0.3) is 0 Å². The molecule has 0 aliphatic heterocycles. The van der Waals surface area contributed by atoms with Crippen LogP contribution in [0.15, 0.2) is 33.1 Å². The van der Waals surface area contributed by atoms with Crippen LogP contribution in [0, 0.1) is 13.8 Å². The molecule has 0 fully saturated rings. The van der Waals surface area contributed by atoms with E-state index in [9.17, 15) is 9.59 Å². The van der Waals surface area contributed by atoms with Gasteiger partial charge < -0.3 is 8.83 Å². The van der Waals surface area contributed by atoms with Crippen LogP contribution in [0.3, 0.4) is 0 Å². The zero-order chi connectivity index (χ0) is 13.1. The molecule has 94 valence electrons. The molecule has 0 N–H and O–H groups in total. The van der Waals surface area contributed by atoms with Crippen LogP contribution >= 0.6 is 0 Å². The van der Waals surface area contributed by atoms with E-state index < -0.39 is 11.9 Å². The first-order valence-corrected chi connectivity index (χ1v) is 5.12. The van der Waals surface area contributed by atoms with Crippen LogP contribution in [0.4, 0.5) is 0 Å². The number of aryl methyl sites for hydroxylation is 2. The molecule has 2 aromatic heterocycles. The number of carbonyl (C=O) groups excluding carboxylic acids is 2. The molecule has 6 nitrogen and oxygen atoms in total. The molecule has 0 amide bonds. The van der Waals surface area contributed by atoms with Gasteiger partial charge in [-0.1, -0.05) is 0 Å². The van der Waals surface area contributed by atoms with Gasteiger partial charge in [0.2, 0.25) is 11.5 Å². The monoisotopic (exact) mass is 250 g/mol. The fraction of sp³-hybridized carbons (Fsp3) is 0.167. The van der Waals surface area contributed by atoms with E-state index in [4.69, 9.17) is 8.83 Å². The lowest BCUT2D eigenvalue weighted by molar-refractivity contribution is -0.190. The molecular weight excluding hydrogens is 240 g/mol. The van der Waals surface area contributed by atoms with Gasteiger partial charge in [0, 0.05) is 0 Å². The van der Waals surface area contributed by atoms with Gasteiger partial charge in [0.25, 0.3) is 0 Å². The van der Waals surface area contributed by atoms with E-state index >= 15 is 0 Å². The highest BCUT2D eigenvalue weighted by atomic mass is 17.2. The van der Waals surface area contributed by atoms with Crippen LogP contribution in [-0.2, 0) is 9.78 Å². The lowest BCUT2D eigenvalue weighted by Crippen LogP contribution is -2.10. The van der Waals surface area contributed by atoms with Crippen molar-refractivity contribution >= 4 is 11.9 Å². The van der Waals surface area contributed by atoms with Crippen molar-refractivity contribution in [3.8, 4) is 0 Å².